The fourth-order valence-corrected chi connectivity index (χ4v) is 2.28. The summed E-state index contributed by atoms with van der Waals surface area (Å²) in [6.07, 6.45) is 3.45. The van der Waals surface area contributed by atoms with Crippen molar-refractivity contribution in [2.75, 3.05) is 0 Å². The lowest BCUT2D eigenvalue weighted by molar-refractivity contribution is 0.591. The Morgan fingerprint density at radius 2 is 1.75 bits per heavy atom. The van der Waals surface area contributed by atoms with Crippen LogP contribution in [-0.2, 0) is 0 Å². The first kappa shape index (κ1) is 12.7. The van der Waals surface area contributed by atoms with E-state index in [1.54, 1.807) is 18.5 Å². The van der Waals surface area contributed by atoms with Crippen LogP contribution in [-0.4, -0.2) is 9.97 Å². The SMILES string of the molecule is Cc1cncc(-c2nc3cc(F)cc(F)c3cc2C)c1. The monoisotopic (exact) mass is 270 g/mol. The van der Waals surface area contributed by atoms with E-state index in [0.717, 1.165) is 22.8 Å². The van der Waals surface area contributed by atoms with Gasteiger partial charge in [0, 0.05) is 35.5 Å². The predicted molar refractivity (Wildman–Crippen MR) is 74.4 cm³/mol. The van der Waals surface area contributed by atoms with Gasteiger partial charge in [-0.15, -0.1) is 0 Å². The van der Waals surface area contributed by atoms with Crippen molar-refractivity contribution >= 4 is 10.9 Å². The third kappa shape index (κ3) is 2.13. The van der Waals surface area contributed by atoms with Crippen molar-refractivity contribution in [2.24, 2.45) is 0 Å². The van der Waals surface area contributed by atoms with Crippen LogP contribution < -0.4 is 0 Å². The highest BCUT2D eigenvalue weighted by Crippen LogP contribution is 2.27. The summed E-state index contributed by atoms with van der Waals surface area (Å²) in [6.45, 7) is 3.79. The van der Waals surface area contributed by atoms with Gasteiger partial charge in [-0.25, -0.2) is 13.8 Å². The van der Waals surface area contributed by atoms with Gasteiger partial charge in [0.05, 0.1) is 11.2 Å². The third-order valence-corrected chi connectivity index (χ3v) is 3.19. The van der Waals surface area contributed by atoms with Gasteiger partial charge < -0.3 is 0 Å². The van der Waals surface area contributed by atoms with Crippen molar-refractivity contribution in [1.29, 1.82) is 0 Å². The van der Waals surface area contributed by atoms with Gasteiger partial charge in [-0.05, 0) is 37.1 Å². The summed E-state index contributed by atoms with van der Waals surface area (Å²) in [5, 5.41) is 0.327. The summed E-state index contributed by atoms with van der Waals surface area (Å²) in [5.74, 6) is -1.22. The summed E-state index contributed by atoms with van der Waals surface area (Å²) >= 11 is 0. The average Bonchev–Trinajstić information content (AvgIpc) is 2.39. The van der Waals surface area contributed by atoms with E-state index >= 15 is 0 Å². The molecule has 0 aliphatic heterocycles. The summed E-state index contributed by atoms with van der Waals surface area (Å²) in [7, 11) is 0. The van der Waals surface area contributed by atoms with Gasteiger partial charge in [-0.1, -0.05) is 0 Å². The molecule has 2 heterocycles. The van der Waals surface area contributed by atoms with Crippen molar-refractivity contribution in [2.45, 2.75) is 13.8 Å². The van der Waals surface area contributed by atoms with E-state index in [2.05, 4.69) is 9.97 Å². The van der Waals surface area contributed by atoms with Crippen LogP contribution in [0.5, 0.6) is 0 Å². The first-order valence-corrected chi connectivity index (χ1v) is 6.23. The molecule has 0 aliphatic carbocycles. The van der Waals surface area contributed by atoms with Gasteiger partial charge in [0.1, 0.15) is 11.6 Å². The van der Waals surface area contributed by atoms with Crippen LogP contribution in [0, 0.1) is 25.5 Å². The fraction of sp³-hybridized carbons (Fsp3) is 0.125. The molecule has 0 fully saturated rings. The number of rotatable bonds is 1. The van der Waals surface area contributed by atoms with Crippen LogP contribution in [0.25, 0.3) is 22.2 Å². The van der Waals surface area contributed by atoms with Crippen LogP contribution in [0.15, 0.2) is 36.7 Å². The smallest absolute Gasteiger partial charge is 0.135 e. The Hall–Kier alpha value is -2.36. The van der Waals surface area contributed by atoms with Crippen molar-refractivity contribution < 1.29 is 8.78 Å². The number of benzene rings is 1. The highest BCUT2D eigenvalue weighted by atomic mass is 19.1. The first-order chi connectivity index (χ1) is 9.54. The summed E-state index contributed by atoms with van der Waals surface area (Å²) < 4.78 is 27.0. The average molecular weight is 270 g/mol. The molecule has 2 aromatic heterocycles. The largest absolute Gasteiger partial charge is 0.264 e. The molecule has 0 unspecified atom stereocenters. The van der Waals surface area contributed by atoms with Crippen molar-refractivity contribution in [3.63, 3.8) is 0 Å². The molecule has 3 rings (SSSR count). The molecular formula is C16H12F2N2. The molecule has 0 saturated heterocycles. The maximum atomic E-state index is 13.7. The highest BCUT2D eigenvalue weighted by molar-refractivity contribution is 5.83. The third-order valence-electron chi connectivity index (χ3n) is 3.19. The number of hydrogen-bond donors (Lipinski definition) is 0. The zero-order valence-electron chi connectivity index (χ0n) is 11.1. The Labute approximate surface area is 115 Å². The molecule has 0 radical (unpaired) electrons. The minimum Gasteiger partial charge on any atom is -0.264 e. The molecule has 0 bridgehead atoms. The molecule has 20 heavy (non-hydrogen) atoms. The van der Waals surface area contributed by atoms with E-state index in [0.29, 0.717) is 16.6 Å². The predicted octanol–water partition coefficient (Wildman–Crippen LogP) is 4.19. The van der Waals surface area contributed by atoms with Gasteiger partial charge >= 0.3 is 0 Å². The van der Waals surface area contributed by atoms with E-state index in [-0.39, 0.29) is 0 Å². The molecule has 0 aliphatic rings. The maximum absolute atomic E-state index is 13.7. The van der Waals surface area contributed by atoms with E-state index in [9.17, 15) is 8.78 Å². The molecule has 2 nitrogen and oxygen atoms in total. The van der Waals surface area contributed by atoms with Gasteiger partial charge in [0.25, 0.3) is 0 Å². The van der Waals surface area contributed by atoms with Gasteiger partial charge in [0.15, 0.2) is 0 Å². The summed E-state index contributed by atoms with van der Waals surface area (Å²) in [4.78, 5) is 8.52. The van der Waals surface area contributed by atoms with E-state index in [1.807, 2.05) is 19.9 Å². The van der Waals surface area contributed by atoms with Crippen molar-refractivity contribution in [1.82, 2.24) is 9.97 Å². The number of pyridine rings is 2. The second kappa shape index (κ2) is 4.63. The first-order valence-electron chi connectivity index (χ1n) is 6.23. The van der Waals surface area contributed by atoms with Gasteiger partial charge in [-0.2, -0.15) is 0 Å². The van der Waals surface area contributed by atoms with Crippen LogP contribution in [0.3, 0.4) is 0 Å². The van der Waals surface area contributed by atoms with Crippen LogP contribution in [0.2, 0.25) is 0 Å². The van der Waals surface area contributed by atoms with E-state index < -0.39 is 11.6 Å². The Kier molecular flexibility index (Phi) is 2.93. The minimum absolute atomic E-state index is 0.310. The molecule has 1 aromatic carbocycles. The molecule has 0 atom stereocenters. The topological polar surface area (TPSA) is 25.8 Å². The Morgan fingerprint density at radius 1 is 0.950 bits per heavy atom. The Bertz CT molecular complexity index is 813. The van der Waals surface area contributed by atoms with Crippen LogP contribution in [0.4, 0.5) is 8.78 Å². The summed E-state index contributed by atoms with van der Waals surface area (Å²) in [6, 6.07) is 5.75. The van der Waals surface area contributed by atoms with Crippen LogP contribution >= 0.6 is 0 Å². The van der Waals surface area contributed by atoms with E-state index in [4.69, 9.17) is 0 Å². The van der Waals surface area contributed by atoms with Crippen LogP contribution in [0.1, 0.15) is 11.1 Å². The second-order valence-electron chi connectivity index (χ2n) is 4.86. The van der Waals surface area contributed by atoms with Crippen molar-refractivity contribution in [3.8, 4) is 11.3 Å². The lowest BCUT2D eigenvalue weighted by Gasteiger charge is -2.08. The quantitative estimate of drug-likeness (QED) is 0.662. The highest BCUT2D eigenvalue weighted by Gasteiger charge is 2.11. The number of hydrogen-bond acceptors (Lipinski definition) is 2. The molecule has 100 valence electrons. The molecule has 0 amide bonds. The standard InChI is InChI=1S/C16H12F2N2/c1-9-3-11(8-19-7-9)16-10(2)4-13-14(18)5-12(17)6-15(13)20-16/h3-8H,1-2H3. The van der Waals surface area contributed by atoms with Crippen molar-refractivity contribution in [3.05, 3.63) is 59.4 Å². The Morgan fingerprint density at radius 3 is 2.50 bits per heavy atom. The molecule has 0 N–H and O–H groups in total. The zero-order chi connectivity index (χ0) is 14.3. The minimum atomic E-state index is -0.625. The zero-order valence-corrected chi connectivity index (χ0v) is 11.1. The van der Waals surface area contributed by atoms with Gasteiger partial charge in [0.2, 0.25) is 0 Å². The maximum Gasteiger partial charge on any atom is 0.135 e. The lowest BCUT2D eigenvalue weighted by atomic mass is 10.0. The molecule has 4 heteroatoms. The Balaban J connectivity index is 2.29. The number of aromatic nitrogens is 2. The molecular weight excluding hydrogens is 258 g/mol. The number of fused-ring (bicyclic) bond motifs is 1. The number of nitrogens with zero attached hydrogens (tertiary/aromatic N) is 2. The number of halogens is 2. The van der Waals surface area contributed by atoms with E-state index in [1.165, 1.54) is 6.07 Å². The molecule has 0 saturated carbocycles. The summed E-state index contributed by atoms with van der Waals surface area (Å²) in [5.41, 5.74) is 3.68. The molecule has 0 spiro atoms. The molecule has 3 aromatic rings. The fourth-order valence-electron chi connectivity index (χ4n) is 2.28. The lowest BCUT2D eigenvalue weighted by Crippen LogP contribution is -1.94. The second-order valence-corrected chi connectivity index (χ2v) is 4.86. The number of aryl methyl sites for hydroxylation is 2. The normalized spacial score (nSPS) is 11.0. The van der Waals surface area contributed by atoms with Gasteiger partial charge in [-0.3, -0.25) is 4.98 Å².